The van der Waals surface area contributed by atoms with E-state index in [9.17, 15) is 0 Å². The quantitative estimate of drug-likeness (QED) is 0.912. The minimum absolute atomic E-state index is 0.424. The van der Waals surface area contributed by atoms with Gasteiger partial charge in [0.05, 0.1) is 18.8 Å². The van der Waals surface area contributed by atoms with Crippen molar-refractivity contribution in [3.8, 4) is 0 Å². The molecular formula is C14H19BrN2O. The van der Waals surface area contributed by atoms with Gasteiger partial charge in [0.2, 0.25) is 0 Å². The Kier molecular flexibility index (Phi) is 3.59. The van der Waals surface area contributed by atoms with Crippen LogP contribution in [0, 0.1) is 0 Å². The van der Waals surface area contributed by atoms with Crippen molar-refractivity contribution in [3.05, 3.63) is 28.2 Å². The molecule has 2 atom stereocenters. The minimum Gasteiger partial charge on any atom is -0.374 e. The van der Waals surface area contributed by atoms with E-state index in [0.29, 0.717) is 18.7 Å². The summed E-state index contributed by atoms with van der Waals surface area (Å²) in [6, 6.07) is 6.97. The molecular weight excluding hydrogens is 292 g/mol. The van der Waals surface area contributed by atoms with Crippen LogP contribution in [0.3, 0.4) is 0 Å². The number of hydrogen-bond donors (Lipinski definition) is 1. The second-order valence-electron chi connectivity index (χ2n) is 5.08. The normalized spacial score (nSPS) is 27.3. The molecule has 0 radical (unpaired) electrons. The third-order valence-electron chi connectivity index (χ3n) is 4.05. The van der Waals surface area contributed by atoms with Crippen molar-refractivity contribution in [3.63, 3.8) is 0 Å². The molecule has 0 amide bonds. The van der Waals surface area contributed by atoms with Crippen molar-refractivity contribution in [2.24, 2.45) is 5.73 Å². The Morgan fingerprint density at radius 1 is 1.39 bits per heavy atom. The molecule has 2 aliphatic rings. The lowest BCUT2D eigenvalue weighted by atomic mass is 10.1. The molecule has 0 spiro atoms. The van der Waals surface area contributed by atoms with Crippen LogP contribution in [-0.2, 0) is 11.3 Å². The van der Waals surface area contributed by atoms with E-state index < -0.39 is 0 Å². The van der Waals surface area contributed by atoms with E-state index in [0.717, 1.165) is 17.6 Å². The fourth-order valence-corrected chi connectivity index (χ4v) is 3.63. The van der Waals surface area contributed by atoms with E-state index in [1.54, 1.807) is 0 Å². The third-order valence-corrected chi connectivity index (χ3v) is 4.55. The highest BCUT2D eigenvalue weighted by Crippen LogP contribution is 2.35. The Balaban J connectivity index is 1.93. The highest BCUT2D eigenvalue weighted by atomic mass is 79.9. The first-order valence-corrected chi connectivity index (χ1v) is 7.45. The van der Waals surface area contributed by atoms with E-state index in [1.165, 1.54) is 30.5 Å². The topological polar surface area (TPSA) is 38.5 Å². The summed E-state index contributed by atoms with van der Waals surface area (Å²) >= 11 is 3.52. The lowest BCUT2D eigenvalue weighted by Gasteiger charge is -2.40. The summed E-state index contributed by atoms with van der Waals surface area (Å²) in [5, 5.41) is 0. The predicted molar refractivity (Wildman–Crippen MR) is 76.8 cm³/mol. The first-order valence-electron chi connectivity index (χ1n) is 6.66. The maximum absolute atomic E-state index is 5.88. The second kappa shape index (κ2) is 5.19. The fraction of sp³-hybridized carbons (Fsp3) is 0.571. The smallest absolute Gasteiger partial charge is 0.0779 e. The fourth-order valence-electron chi connectivity index (χ4n) is 3.22. The molecule has 98 valence electrons. The summed E-state index contributed by atoms with van der Waals surface area (Å²) in [6.07, 6.45) is 4.15. The van der Waals surface area contributed by atoms with Crippen molar-refractivity contribution in [2.45, 2.75) is 38.0 Å². The predicted octanol–water partition coefficient (Wildman–Crippen LogP) is 2.67. The van der Waals surface area contributed by atoms with E-state index in [1.807, 2.05) is 0 Å². The van der Waals surface area contributed by atoms with Gasteiger partial charge in [-0.3, -0.25) is 0 Å². The van der Waals surface area contributed by atoms with Crippen LogP contribution < -0.4 is 10.6 Å². The zero-order chi connectivity index (χ0) is 12.5. The number of hydrogen-bond acceptors (Lipinski definition) is 3. The Bertz CT molecular complexity index is 438. The van der Waals surface area contributed by atoms with Crippen LogP contribution in [0.2, 0.25) is 0 Å². The van der Waals surface area contributed by atoms with Crippen molar-refractivity contribution in [2.75, 3.05) is 18.1 Å². The van der Waals surface area contributed by atoms with Crippen molar-refractivity contribution in [1.82, 2.24) is 0 Å². The first-order chi connectivity index (χ1) is 8.79. The maximum Gasteiger partial charge on any atom is 0.0779 e. The molecule has 0 aromatic heterocycles. The summed E-state index contributed by atoms with van der Waals surface area (Å²) < 4.78 is 6.97. The van der Waals surface area contributed by atoms with Gasteiger partial charge in [0.15, 0.2) is 0 Å². The van der Waals surface area contributed by atoms with Crippen molar-refractivity contribution in [1.29, 1.82) is 0 Å². The van der Waals surface area contributed by atoms with Crippen LogP contribution in [0.15, 0.2) is 22.7 Å². The van der Waals surface area contributed by atoms with Gasteiger partial charge in [0.1, 0.15) is 0 Å². The number of halogens is 1. The van der Waals surface area contributed by atoms with Gasteiger partial charge in [-0.05, 0) is 43.0 Å². The number of nitrogens with zero attached hydrogens (tertiary/aromatic N) is 1. The number of benzene rings is 1. The van der Waals surface area contributed by atoms with E-state index in [-0.39, 0.29) is 0 Å². The second-order valence-corrected chi connectivity index (χ2v) is 5.99. The zero-order valence-electron chi connectivity index (χ0n) is 10.4. The largest absolute Gasteiger partial charge is 0.374 e. The molecule has 18 heavy (non-hydrogen) atoms. The van der Waals surface area contributed by atoms with Crippen molar-refractivity contribution >= 4 is 21.6 Å². The summed E-state index contributed by atoms with van der Waals surface area (Å²) in [5.74, 6) is 0. The molecule has 2 N–H and O–H groups in total. The molecule has 1 aromatic carbocycles. The number of morpholine rings is 1. The van der Waals surface area contributed by atoms with Crippen LogP contribution in [0.25, 0.3) is 0 Å². The van der Waals surface area contributed by atoms with Gasteiger partial charge < -0.3 is 15.4 Å². The first kappa shape index (κ1) is 12.5. The van der Waals surface area contributed by atoms with Gasteiger partial charge in [-0.25, -0.2) is 0 Å². The number of fused-ring (bicyclic) bond motifs is 1. The third kappa shape index (κ3) is 2.17. The Morgan fingerprint density at radius 3 is 3.11 bits per heavy atom. The van der Waals surface area contributed by atoms with Crippen LogP contribution in [0.1, 0.15) is 24.8 Å². The lowest BCUT2D eigenvalue weighted by Crippen LogP contribution is -2.49. The van der Waals surface area contributed by atoms with Crippen molar-refractivity contribution < 1.29 is 4.74 Å². The van der Waals surface area contributed by atoms with Gasteiger partial charge in [0.25, 0.3) is 0 Å². The maximum atomic E-state index is 5.88. The van der Waals surface area contributed by atoms with Gasteiger partial charge >= 0.3 is 0 Å². The molecule has 2 unspecified atom stereocenters. The highest BCUT2D eigenvalue weighted by molar-refractivity contribution is 9.10. The lowest BCUT2D eigenvalue weighted by molar-refractivity contribution is 0.0256. The summed E-state index contributed by atoms with van der Waals surface area (Å²) in [5.41, 5.74) is 8.40. The van der Waals surface area contributed by atoms with Crippen LogP contribution in [-0.4, -0.2) is 25.3 Å². The molecule has 2 fully saturated rings. The Labute approximate surface area is 116 Å². The number of nitrogens with two attached hydrogens (primary N) is 1. The summed E-state index contributed by atoms with van der Waals surface area (Å²) in [4.78, 5) is 2.51. The number of anilines is 1. The molecule has 1 aromatic rings. The van der Waals surface area contributed by atoms with Crippen LogP contribution >= 0.6 is 15.9 Å². The molecule has 3 nitrogen and oxygen atoms in total. The molecule has 1 aliphatic heterocycles. The Morgan fingerprint density at radius 2 is 2.28 bits per heavy atom. The van der Waals surface area contributed by atoms with Crippen LogP contribution in [0.4, 0.5) is 5.69 Å². The molecule has 1 saturated heterocycles. The highest BCUT2D eigenvalue weighted by Gasteiger charge is 2.36. The standard InChI is InChI=1S/C14H19BrN2O/c15-11-4-5-12(10(8-11)9-16)17-6-7-18-14-3-1-2-13(14)17/h4-5,8,13-14H,1-3,6-7,9,16H2. The molecule has 3 rings (SSSR count). The van der Waals surface area contributed by atoms with Crippen LogP contribution in [0.5, 0.6) is 0 Å². The average molecular weight is 311 g/mol. The van der Waals surface area contributed by atoms with E-state index in [4.69, 9.17) is 10.5 Å². The van der Waals surface area contributed by atoms with Gasteiger partial charge in [-0.2, -0.15) is 0 Å². The minimum atomic E-state index is 0.424. The van der Waals surface area contributed by atoms with Gasteiger partial charge in [-0.1, -0.05) is 15.9 Å². The molecule has 1 heterocycles. The SMILES string of the molecule is NCc1cc(Br)ccc1N1CCOC2CCCC21. The number of ether oxygens (including phenoxy) is 1. The monoisotopic (exact) mass is 310 g/mol. The molecule has 1 saturated carbocycles. The molecule has 1 aliphatic carbocycles. The average Bonchev–Trinajstić information content (AvgIpc) is 2.86. The van der Waals surface area contributed by atoms with Gasteiger partial charge in [-0.15, -0.1) is 0 Å². The summed E-state index contributed by atoms with van der Waals surface area (Å²) in [6.45, 7) is 2.40. The molecule has 4 heteroatoms. The number of rotatable bonds is 2. The van der Waals surface area contributed by atoms with E-state index in [2.05, 4.69) is 39.0 Å². The van der Waals surface area contributed by atoms with E-state index >= 15 is 0 Å². The van der Waals surface area contributed by atoms with Gasteiger partial charge in [0, 0.05) is 23.2 Å². The summed E-state index contributed by atoms with van der Waals surface area (Å²) in [7, 11) is 0. The zero-order valence-corrected chi connectivity index (χ0v) is 12.0. The Hall–Kier alpha value is -0.580. The molecule has 0 bridgehead atoms.